The fraction of sp³-hybridized carbons (Fsp3) is 0.294. The molecule has 3 rings (SSSR count). The predicted octanol–water partition coefficient (Wildman–Crippen LogP) is 1.90. The molecular formula is C17H20ClN3O2. The smallest absolute Gasteiger partial charge is 0.261 e. The lowest BCUT2D eigenvalue weighted by Gasteiger charge is -2.19. The van der Waals surface area contributed by atoms with E-state index < -0.39 is 0 Å². The summed E-state index contributed by atoms with van der Waals surface area (Å²) in [7, 11) is 0. The van der Waals surface area contributed by atoms with Crippen LogP contribution in [0.15, 0.2) is 47.3 Å². The van der Waals surface area contributed by atoms with Crippen molar-refractivity contribution in [3.63, 3.8) is 0 Å². The van der Waals surface area contributed by atoms with E-state index in [9.17, 15) is 9.59 Å². The van der Waals surface area contributed by atoms with Crippen LogP contribution in [-0.4, -0.2) is 42.0 Å². The van der Waals surface area contributed by atoms with Gasteiger partial charge in [0.2, 0.25) is 0 Å². The normalized spacial score (nSPS) is 14.7. The molecule has 1 saturated heterocycles. The molecule has 1 amide bonds. The molecule has 1 fully saturated rings. The van der Waals surface area contributed by atoms with Crippen molar-refractivity contribution in [3.8, 4) is 11.3 Å². The third-order valence-corrected chi connectivity index (χ3v) is 3.85. The largest absolute Gasteiger partial charge is 0.337 e. The van der Waals surface area contributed by atoms with Gasteiger partial charge in [0.15, 0.2) is 0 Å². The summed E-state index contributed by atoms with van der Waals surface area (Å²) in [4.78, 5) is 29.3. The number of nitrogens with zero attached hydrogens (tertiary/aromatic N) is 1. The van der Waals surface area contributed by atoms with Crippen molar-refractivity contribution in [2.45, 2.75) is 6.42 Å². The second kappa shape index (κ2) is 7.94. The third-order valence-electron chi connectivity index (χ3n) is 3.85. The average Bonchev–Trinajstić information content (AvgIpc) is 2.84. The molecule has 0 saturated carbocycles. The van der Waals surface area contributed by atoms with Gasteiger partial charge in [-0.15, -0.1) is 12.4 Å². The van der Waals surface area contributed by atoms with E-state index in [1.807, 2.05) is 30.3 Å². The Balaban J connectivity index is 0.00000192. The third kappa shape index (κ3) is 4.00. The molecule has 122 valence electrons. The van der Waals surface area contributed by atoms with Gasteiger partial charge in [-0.1, -0.05) is 30.3 Å². The van der Waals surface area contributed by atoms with Crippen molar-refractivity contribution in [2.75, 3.05) is 26.2 Å². The van der Waals surface area contributed by atoms with Crippen molar-refractivity contribution < 1.29 is 4.79 Å². The summed E-state index contributed by atoms with van der Waals surface area (Å²) in [5.41, 5.74) is 1.53. The monoisotopic (exact) mass is 333 g/mol. The highest BCUT2D eigenvalue weighted by Gasteiger charge is 2.19. The molecular weight excluding hydrogens is 314 g/mol. The number of benzene rings is 1. The van der Waals surface area contributed by atoms with E-state index in [0.29, 0.717) is 13.1 Å². The first-order valence-electron chi connectivity index (χ1n) is 7.54. The molecule has 0 unspecified atom stereocenters. The molecule has 2 heterocycles. The van der Waals surface area contributed by atoms with Gasteiger partial charge < -0.3 is 15.2 Å². The number of hydrogen-bond donors (Lipinski definition) is 2. The fourth-order valence-electron chi connectivity index (χ4n) is 2.65. The maximum absolute atomic E-state index is 12.5. The van der Waals surface area contributed by atoms with E-state index in [-0.39, 0.29) is 29.4 Å². The van der Waals surface area contributed by atoms with Crippen molar-refractivity contribution in [3.05, 3.63) is 58.4 Å². The van der Waals surface area contributed by atoms with Gasteiger partial charge in [0.05, 0.1) is 0 Å². The number of amides is 1. The number of hydrogen-bond acceptors (Lipinski definition) is 3. The van der Waals surface area contributed by atoms with E-state index in [1.165, 1.54) is 0 Å². The van der Waals surface area contributed by atoms with Crippen molar-refractivity contribution in [1.29, 1.82) is 0 Å². The van der Waals surface area contributed by atoms with E-state index in [0.717, 1.165) is 30.8 Å². The Morgan fingerprint density at radius 3 is 2.52 bits per heavy atom. The lowest BCUT2D eigenvalue weighted by molar-refractivity contribution is 0.0764. The van der Waals surface area contributed by atoms with Crippen LogP contribution < -0.4 is 10.9 Å². The molecule has 1 aromatic heterocycles. The second-order valence-electron chi connectivity index (χ2n) is 5.38. The van der Waals surface area contributed by atoms with Crippen LogP contribution in [0.2, 0.25) is 0 Å². The maximum atomic E-state index is 12.5. The molecule has 1 aromatic carbocycles. The minimum atomic E-state index is -0.330. The molecule has 23 heavy (non-hydrogen) atoms. The average molecular weight is 334 g/mol. The van der Waals surface area contributed by atoms with Crippen LogP contribution in [0, 0.1) is 0 Å². The summed E-state index contributed by atoms with van der Waals surface area (Å²) in [6.07, 6.45) is 0.908. The maximum Gasteiger partial charge on any atom is 0.261 e. The molecule has 0 atom stereocenters. The van der Waals surface area contributed by atoms with Gasteiger partial charge in [-0.2, -0.15) is 0 Å². The van der Waals surface area contributed by atoms with Crippen LogP contribution in [0.4, 0.5) is 0 Å². The van der Waals surface area contributed by atoms with Crippen molar-refractivity contribution in [1.82, 2.24) is 15.2 Å². The van der Waals surface area contributed by atoms with Crippen LogP contribution in [0.1, 0.15) is 16.8 Å². The molecule has 5 nitrogen and oxygen atoms in total. The number of carbonyl (C=O) groups is 1. The number of nitrogens with one attached hydrogen (secondary N) is 2. The van der Waals surface area contributed by atoms with Gasteiger partial charge >= 0.3 is 0 Å². The highest BCUT2D eigenvalue weighted by atomic mass is 35.5. The SMILES string of the molecule is Cl.O=C(c1ccc(-c2ccccc2)[nH]c1=O)N1CCCNCC1. The van der Waals surface area contributed by atoms with Crippen LogP contribution in [0.5, 0.6) is 0 Å². The Bertz CT molecular complexity index is 707. The summed E-state index contributed by atoms with van der Waals surface area (Å²) >= 11 is 0. The summed E-state index contributed by atoms with van der Waals surface area (Å²) < 4.78 is 0. The standard InChI is InChI=1S/C17H19N3O2.ClH/c21-16-14(17(22)20-11-4-9-18-10-12-20)7-8-15(19-16)13-5-2-1-3-6-13;/h1-3,5-8,18H,4,9-12H2,(H,19,21);1H. The molecule has 0 spiro atoms. The quantitative estimate of drug-likeness (QED) is 0.882. The van der Waals surface area contributed by atoms with Crippen LogP contribution in [0.3, 0.4) is 0 Å². The Morgan fingerprint density at radius 1 is 1.00 bits per heavy atom. The second-order valence-corrected chi connectivity index (χ2v) is 5.38. The summed E-state index contributed by atoms with van der Waals surface area (Å²) in [6.45, 7) is 3.00. The Labute approximate surface area is 141 Å². The van der Waals surface area contributed by atoms with Crippen LogP contribution in [0.25, 0.3) is 11.3 Å². The Hall–Kier alpha value is -2.11. The first-order valence-corrected chi connectivity index (χ1v) is 7.54. The summed E-state index contributed by atoms with van der Waals surface area (Å²) in [5, 5.41) is 3.25. The molecule has 1 aliphatic heterocycles. The van der Waals surface area contributed by atoms with E-state index in [4.69, 9.17) is 0 Å². The topological polar surface area (TPSA) is 65.2 Å². The first-order chi connectivity index (χ1) is 10.8. The Morgan fingerprint density at radius 2 is 1.78 bits per heavy atom. The van der Waals surface area contributed by atoms with Gasteiger partial charge in [-0.05, 0) is 30.7 Å². The van der Waals surface area contributed by atoms with Crippen LogP contribution >= 0.6 is 12.4 Å². The number of aromatic nitrogens is 1. The number of aromatic amines is 1. The predicted molar refractivity (Wildman–Crippen MR) is 93.1 cm³/mol. The first kappa shape index (κ1) is 17.2. The molecule has 6 heteroatoms. The van der Waals surface area contributed by atoms with E-state index >= 15 is 0 Å². The molecule has 0 bridgehead atoms. The number of carbonyl (C=O) groups excluding carboxylic acids is 1. The molecule has 2 aromatic rings. The molecule has 0 radical (unpaired) electrons. The lowest BCUT2D eigenvalue weighted by atomic mass is 10.1. The zero-order valence-corrected chi connectivity index (χ0v) is 13.6. The lowest BCUT2D eigenvalue weighted by Crippen LogP contribution is -2.37. The summed E-state index contributed by atoms with van der Waals surface area (Å²) in [6, 6.07) is 13.0. The molecule has 2 N–H and O–H groups in total. The van der Waals surface area contributed by atoms with Gasteiger partial charge in [-0.25, -0.2) is 0 Å². The summed E-state index contributed by atoms with van der Waals surface area (Å²) in [5.74, 6) is -0.190. The minimum absolute atomic E-state index is 0. The van der Waals surface area contributed by atoms with E-state index in [1.54, 1.807) is 17.0 Å². The minimum Gasteiger partial charge on any atom is -0.337 e. The fourth-order valence-corrected chi connectivity index (χ4v) is 2.65. The van der Waals surface area contributed by atoms with E-state index in [2.05, 4.69) is 10.3 Å². The molecule has 1 aliphatic rings. The number of pyridine rings is 1. The highest BCUT2D eigenvalue weighted by Crippen LogP contribution is 2.15. The number of H-pyrrole nitrogens is 1. The van der Waals surface area contributed by atoms with Crippen LogP contribution in [-0.2, 0) is 0 Å². The van der Waals surface area contributed by atoms with Gasteiger partial charge in [-0.3, -0.25) is 9.59 Å². The Kier molecular flexibility index (Phi) is 5.96. The van der Waals surface area contributed by atoms with Gasteiger partial charge in [0, 0.05) is 25.3 Å². The zero-order valence-electron chi connectivity index (χ0n) is 12.7. The van der Waals surface area contributed by atoms with Gasteiger partial charge in [0.1, 0.15) is 5.56 Å². The zero-order chi connectivity index (χ0) is 15.4. The highest BCUT2D eigenvalue weighted by molar-refractivity contribution is 5.94. The van der Waals surface area contributed by atoms with Crippen molar-refractivity contribution in [2.24, 2.45) is 0 Å². The molecule has 0 aliphatic carbocycles. The van der Waals surface area contributed by atoms with Gasteiger partial charge in [0.25, 0.3) is 11.5 Å². The number of rotatable bonds is 2. The number of halogens is 1. The van der Waals surface area contributed by atoms with Crippen molar-refractivity contribution >= 4 is 18.3 Å².